The summed E-state index contributed by atoms with van der Waals surface area (Å²) in [7, 11) is 3.10. The van der Waals surface area contributed by atoms with Crippen LogP contribution in [0.3, 0.4) is 0 Å². The van der Waals surface area contributed by atoms with E-state index in [1.807, 2.05) is 73.7 Å². The van der Waals surface area contributed by atoms with Gasteiger partial charge in [-0.3, -0.25) is 9.69 Å². The minimum atomic E-state index is -0.658. The molecule has 0 spiro atoms. The van der Waals surface area contributed by atoms with Crippen LogP contribution in [0.25, 0.3) is 0 Å². The fourth-order valence-electron chi connectivity index (χ4n) is 4.73. The summed E-state index contributed by atoms with van der Waals surface area (Å²) in [6, 6.07) is 26.3. The highest BCUT2D eigenvalue weighted by molar-refractivity contribution is 5.78. The molecular weight excluding hydrogens is 414 g/mol. The lowest BCUT2D eigenvalue weighted by molar-refractivity contribution is -0.151. The lowest BCUT2D eigenvalue weighted by Gasteiger charge is -2.28. The van der Waals surface area contributed by atoms with E-state index in [1.54, 1.807) is 7.11 Å². The molecule has 5 nitrogen and oxygen atoms in total. The Morgan fingerprint density at radius 1 is 0.939 bits per heavy atom. The molecule has 172 valence electrons. The summed E-state index contributed by atoms with van der Waals surface area (Å²) in [5.41, 5.74) is 2.70. The second-order valence-electron chi connectivity index (χ2n) is 8.80. The molecule has 0 amide bonds. The number of ether oxygens (including phenoxy) is 3. The van der Waals surface area contributed by atoms with Crippen LogP contribution in [0.1, 0.15) is 29.5 Å². The van der Waals surface area contributed by atoms with Crippen molar-refractivity contribution in [3.05, 3.63) is 95.6 Å². The lowest BCUT2D eigenvalue weighted by Crippen LogP contribution is -2.36. The maximum absolute atomic E-state index is 12.9. The Bertz CT molecular complexity index is 1070. The van der Waals surface area contributed by atoms with Crippen LogP contribution >= 0.6 is 0 Å². The molecule has 0 unspecified atom stereocenters. The van der Waals surface area contributed by atoms with Gasteiger partial charge in [-0.25, -0.2) is 0 Å². The molecule has 0 bridgehead atoms. The van der Waals surface area contributed by atoms with E-state index in [0.29, 0.717) is 24.7 Å². The molecule has 3 aromatic rings. The van der Waals surface area contributed by atoms with Crippen LogP contribution < -0.4 is 9.47 Å². The number of carbonyl (C=O) groups is 1. The number of hydrogen-bond acceptors (Lipinski definition) is 5. The molecule has 1 aliphatic rings. The molecule has 0 saturated carbocycles. The van der Waals surface area contributed by atoms with E-state index in [9.17, 15) is 4.79 Å². The van der Waals surface area contributed by atoms with Crippen molar-refractivity contribution in [2.24, 2.45) is 5.41 Å². The van der Waals surface area contributed by atoms with Crippen LogP contribution in [0.5, 0.6) is 11.5 Å². The second-order valence-corrected chi connectivity index (χ2v) is 8.80. The van der Waals surface area contributed by atoms with E-state index in [1.165, 1.54) is 12.7 Å². The van der Waals surface area contributed by atoms with Gasteiger partial charge in [0.15, 0.2) is 11.5 Å². The van der Waals surface area contributed by atoms with Gasteiger partial charge in [0, 0.05) is 25.6 Å². The zero-order chi connectivity index (χ0) is 23.3. The summed E-state index contributed by atoms with van der Waals surface area (Å²) in [5.74, 6) is 1.13. The van der Waals surface area contributed by atoms with E-state index in [4.69, 9.17) is 14.2 Å². The van der Waals surface area contributed by atoms with Crippen LogP contribution in [0, 0.1) is 5.41 Å². The van der Waals surface area contributed by atoms with Crippen LogP contribution in [-0.4, -0.2) is 38.2 Å². The Balaban J connectivity index is 1.60. The van der Waals surface area contributed by atoms with Gasteiger partial charge in [-0.05, 0) is 35.7 Å². The zero-order valence-corrected chi connectivity index (χ0v) is 19.5. The number of likely N-dealkylation sites (tertiary alicyclic amines) is 1. The van der Waals surface area contributed by atoms with Crippen LogP contribution in [-0.2, 0) is 22.7 Å². The molecule has 3 aromatic carbocycles. The van der Waals surface area contributed by atoms with Crippen molar-refractivity contribution < 1.29 is 19.0 Å². The van der Waals surface area contributed by atoms with E-state index < -0.39 is 5.41 Å². The van der Waals surface area contributed by atoms with Crippen molar-refractivity contribution in [2.75, 3.05) is 27.3 Å². The molecule has 33 heavy (non-hydrogen) atoms. The third-order valence-corrected chi connectivity index (χ3v) is 6.49. The van der Waals surface area contributed by atoms with Gasteiger partial charge < -0.3 is 14.2 Å². The third-order valence-electron chi connectivity index (χ3n) is 6.49. The smallest absolute Gasteiger partial charge is 0.313 e. The Morgan fingerprint density at radius 3 is 2.24 bits per heavy atom. The summed E-state index contributed by atoms with van der Waals surface area (Å²) in [5, 5.41) is 0. The molecule has 1 heterocycles. The van der Waals surface area contributed by atoms with Gasteiger partial charge >= 0.3 is 5.97 Å². The summed E-state index contributed by atoms with van der Waals surface area (Å²) >= 11 is 0. The second kappa shape index (κ2) is 10.1. The van der Waals surface area contributed by atoms with Crippen LogP contribution in [0.15, 0.2) is 78.9 Å². The van der Waals surface area contributed by atoms with E-state index in [0.717, 1.165) is 24.2 Å². The standard InChI is InChI=1S/C28H31NO4/c1-28(27(30)32-3)20-29(17-21-10-6-4-7-11-21)18-24(28)23-14-15-25(31-2)26(16-23)33-19-22-12-8-5-9-13-22/h4-16,24H,17-20H2,1-3H3/t24-,28-/m0/s1. The maximum Gasteiger partial charge on any atom is 0.313 e. The number of rotatable bonds is 8. The predicted molar refractivity (Wildman–Crippen MR) is 128 cm³/mol. The highest BCUT2D eigenvalue weighted by Crippen LogP contribution is 2.46. The Hall–Kier alpha value is -3.31. The molecule has 1 aliphatic heterocycles. The monoisotopic (exact) mass is 445 g/mol. The molecule has 5 heteroatoms. The van der Waals surface area contributed by atoms with Gasteiger partial charge in [0.2, 0.25) is 0 Å². The SMILES string of the molecule is COC(=O)[C@@]1(C)CN(Cc2ccccc2)C[C@H]1c1ccc(OC)c(OCc2ccccc2)c1. The maximum atomic E-state index is 12.9. The highest BCUT2D eigenvalue weighted by Gasteiger charge is 2.50. The van der Waals surface area contributed by atoms with Gasteiger partial charge in [-0.1, -0.05) is 66.7 Å². The minimum Gasteiger partial charge on any atom is -0.493 e. The van der Waals surface area contributed by atoms with Gasteiger partial charge in [-0.15, -0.1) is 0 Å². The normalized spacial score (nSPS) is 20.4. The fourth-order valence-corrected chi connectivity index (χ4v) is 4.73. The first kappa shape index (κ1) is 22.9. The first-order valence-electron chi connectivity index (χ1n) is 11.2. The van der Waals surface area contributed by atoms with E-state index >= 15 is 0 Å². The molecule has 0 radical (unpaired) electrons. The van der Waals surface area contributed by atoms with Crippen LogP contribution in [0.4, 0.5) is 0 Å². The van der Waals surface area contributed by atoms with Crippen molar-refractivity contribution in [3.8, 4) is 11.5 Å². The molecule has 0 N–H and O–H groups in total. The van der Waals surface area contributed by atoms with Gasteiger partial charge in [0.1, 0.15) is 6.61 Å². The van der Waals surface area contributed by atoms with Crippen molar-refractivity contribution in [1.29, 1.82) is 0 Å². The van der Waals surface area contributed by atoms with E-state index in [2.05, 4.69) is 17.0 Å². The van der Waals surface area contributed by atoms with Crippen molar-refractivity contribution in [1.82, 2.24) is 4.90 Å². The zero-order valence-electron chi connectivity index (χ0n) is 19.5. The summed E-state index contributed by atoms with van der Waals surface area (Å²) < 4.78 is 16.9. The number of esters is 1. The number of nitrogens with zero attached hydrogens (tertiary/aromatic N) is 1. The van der Waals surface area contributed by atoms with Gasteiger partial charge in [0.25, 0.3) is 0 Å². The van der Waals surface area contributed by atoms with Gasteiger partial charge in [-0.2, -0.15) is 0 Å². The van der Waals surface area contributed by atoms with Crippen molar-refractivity contribution >= 4 is 5.97 Å². The van der Waals surface area contributed by atoms with E-state index in [-0.39, 0.29) is 11.9 Å². The summed E-state index contributed by atoms with van der Waals surface area (Å²) in [4.78, 5) is 15.3. The van der Waals surface area contributed by atoms with Gasteiger partial charge in [0.05, 0.1) is 19.6 Å². The first-order chi connectivity index (χ1) is 16.0. The predicted octanol–water partition coefficient (Wildman–Crippen LogP) is 5.05. The average Bonchev–Trinajstić information content (AvgIpc) is 3.20. The third kappa shape index (κ3) is 5.04. The quantitative estimate of drug-likeness (QED) is 0.454. The molecule has 0 aliphatic carbocycles. The number of methoxy groups -OCH3 is 2. The van der Waals surface area contributed by atoms with Crippen molar-refractivity contribution in [3.63, 3.8) is 0 Å². The van der Waals surface area contributed by atoms with Crippen molar-refractivity contribution in [2.45, 2.75) is 26.0 Å². The number of hydrogen-bond donors (Lipinski definition) is 0. The molecule has 4 rings (SSSR count). The Morgan fingerprint density at radius 2 is 1.61 bits per heavy atom. The topological polar surface area (TPSA) is 48.0 Å². The highest BCUT2D eigenvalue weighted by atomic mass is 16.5. The summed E-state index contributed by atoms with van der Waals surface area (Å²) in [6.07, 6.45) is 0. The Labute approximate surface area is 195 Å². The fraction of sp³-hybridized carbons (Fsp3) is 0.321. The number of benzene rings is 3. The lowest BCUT2D eigenvalue weighted by atomic mass is 9.76. The molecular formula is C28H31NO4. The molecule has 1 fully saturated rings. The minimum absolute atomic E-state index is 0.0290. The Kier molecular flexibility index (Phi) is 6.99. The number of carbonyl (C=O) groups excluding carboxylic acids is 1. The molecule has 1 saturated heterocycles. The largest absolute Gasteiger partial charge is 0.493 e. The summed E-state index contributed by atoms with van der Waals surface area (Å²) in [6.45, 7) is 4.62. The molecule has 2 atom stereocenters. The average molecular weight is 446 g/mol. The molecule has 0 aromatic heterocycles. The first-order valence-corrected chi connectivity index (χ1v) is 11.2. The van der Waals surface area contributed by atoms with Crippen LogP contribution in [0.2, 0.25) is 0 Å².